The molecule has 1 fully saturated rings. The van der Waals surface area contributed by atoms with Gasteiger partial charge in [0.25, 0.3) is 11.8 Å². The fourth-order valence-electron chi connectivity index (χ4n) is 3.33. The van der Waals surface area contributed by atoms with Crippen molar-refractivity contribution in [2.45, 2.75) is 12.3 Å². The third-order valence-corrected chi connectivity index (χ3v) is 4.69. The number of aromatic amines is 1. The van der Waals surface area contributed by atoms with Crippen LogP contribution in [0.2, 0.25) is 0 Å². The number of carbonyl (C=O) groups excluding carboxylic acids is 1. The van der Waals surface area contributed by atoms with Gasteiger partial charge in [0.15, 0.2) is 17.3 Å². The first kappa shape index (κ1) is 14.9. The second-order valence-electron chi connectivity index (χ2n) is 6.29. The minimum Gasteiger partial charge on any atom is -0.459 e. The lowest BCUT2D eigenvalue weighted by molar-refractivity contribution is 0.0786. The number of H-pyrrole nitrogens is 1. The molecule has 1 atom stereocenters. The average Bonchev–Trinajstić information content (AvgIpc) is 3.47. The lowest BCUT2D eigenvalue weighted by Gasteiger charge is -2.14. The number of hydrogen-bond donors (Lipinski definition) is 1. The smallest absolute Gasteiger partial charge is 0.293 e. The van der Waals surface area contributed by atoms with E-state index >= 15 is 0 Å². The third kappa shape index (κ3) is 2.38. The molecule has 3 aromatic heterocycles. The van der Waals surface area contributed by atoms with Crippen LogP contribution in [0, 0.1) is 0 Å². The quantitative estimate of drug-likeness (QED) is 0.610. The van der Waals surface area contributed by atoms with Crippen LogP contribution in [0.3, 0.4) is 0 Å². The Balaban J connectivity index is 1.35. The van der Waals surface area contributed by atoms with Gasteiger partial charge in [0.1, 0.15) is 0 Å². The maximum Gasteiger partial charge on any atom is 0.293 e. The van der Waals surface area contributed by atoms with E-state index in [0.717, 1.165) is 17.3 Å². The van der Waals surface area contributed by atoms with Crippen LogP contribution >= 0.6 is 0 Å². The predicted octanol–water partition coefficient (Wildman–Crippen LogP) is 2.84. The summed E-state index contributed by atoms with van der Waals surface area (Å²) >= 11 is 0. The highest BCUT2D eigenvalue weighted by molar-refractivity contribution is 6.04. The summed E-state index contributed by atoms with van der Waals surface area (Å²) in [5.74, 6) is 1.45. The Labute approximate surface area is 147 Å². The predicted molar refractivity (Wildman–Crippen MR) is 91.4 cm³/mol. The van der Waals surface area contributed by atoms with Gasteiger partial charge >= 0.3 is 0 Å². The molecule has 0 spiro atoms. The number of benzene rings is 1. The van der Waals surface area contributed by atoms with Gasteiger partial charge in [-0.25, -0.2) is 0 Å². The number of carbonyl (C=O) groups is 1. The number of furan rings is 1. The molecule has 130 valence electrons. The van der Waals surface area contributed by atoms with E-state index in [1.165, 1.54) is 0 Å². The van der Waals surface area contributed by atoms with Gasteiger partial charge in [-0.3, -0.25) is 9.89 Å². The number of nitrogens with zero attached hydrogens (tertiary/aromatic N) is 4. The summed E-state index contributed by atoms with van der Waals surface area (Å²) in [6.07, 6.45) is 2.34. The molecular weight excluding hydrogens is 334 g/mol. The fraction of sp³-hybridized carbons (Fsp3) is 0.222. The molecule has 1 saturated heterocycles. The summed E-state index contributed by atoms with van der Waals surface area (Å²) in [7, 11) is 0. The summed E-state index contributed by atoms with van der Waals surface area (Å²) in [6.45, 7) is 1.17. The number of nitrogens with one attached hydrogen (secondary N) is 1. The molecule has 1 amide bonds. The molecule has 1 aromatic carbocycles. The van der Waals surface area contributed by atoms with Crippen LogP contribution in [0.5, 0.6) is 0 Å². The molecule has 26 heavy (non-hydrogen) atoms. The zero-order valence-corrected chi connectivity index (χ0v) is 13.8. The molecule has 0 unspecified atom stereocenters. The Morgan fingerprint density at radius 1 is 1.23 bits per heavy atom. The van der Waals surface area contributed by atoms with E-state index in [-0.39, 0.29) is 11.8 Å². The van der Waals surface area contributed by atoms with Gasteiger partial charge in [0, 0.05) is 24.4 Å². The van der Waals surface area contributed by atoms with E-state index in [0.29, 0.717) is 36.3 Å². The lowest BCUT2D eigenvalue weighted by atomic mass is 10.1. The van der Waals surface area contributed by atoms with Gasteiger partial charge < -0.3 is 13.8 Å². The van der Waals surface area contributed by atoms with E-state index in [2.05, 4.69) is 20.3 Å². The first-order valence-electron chi connectivity index (χ1n) is 8.39. The van der Waals surface area contributed by atoms with Crippen molar-refractivity contribution in [3.05, 3.63) is 54.2 Å². The molecule has 1 N–H and O–H groups in total. The highest BCUT2D eigenvalue weighted by Gasteiger charge is 2.32. The highest BCUT2D eigenvalue weighted by atomic mass is 16.5. The maximum absolute atomic E-state index is 12.9. The lowest BCUT2D eigenvalue weighted by Crippen LogP contribution is -2.29. The van der Waals surface area contributed by atoms with Crippen molar-refractivity contribution in [1.82, 2.24) is 25.2 Å². The summed E-state index contributed by atoms with van der Waals surface area (Å²) in [4.78, 5) is 19.1. The number of hydrogen-bond acceptors (Lipinski definition) is 6. The summed E-state index contributed by atoms with van der Waals surface area (Å²) < 4.78 is 10.5. The molecule has 8 heteroatoms. The van der Waals surface area contributed by atoms with Crippen LogP contribution in [-0.2, 0) is 0 Å². The van der Waals surface area contributed by atoms with E-state index < -0.39 is 0 Å². The Morgan fingerprint density at radius 3 is 3.04 bits per heavy atom. The summed E-state index contributed by atoms with van der Waals surface area (Å²) in [6, 6.07) is 11.1. The topological polar surface area (TPSA) is 101 Å². The number of rotatable bonds is 3. The Morgan fingerprint density at radius 2 is 2.15 bits per heavy atom. The molecule has 0 radical (unpaired) electrons. The zero-order chi connectivity index (χ0) is 17.5. The molecule has 4 aromatic rings. The Bertz CT molecular complexity index is 1070. The van der Waals surface area contributed by atoms with E-state index in [4.69, 9.17) is 8.94 Å². The number of fused-ring (bicyclic) bond motifs is 1. The minimum absolute atomic E-state index is 0.0385. The van der Waals surface area contributed by atoms with Crippen molar-refractivity contribution in [1.29, 1.82) is 0 Å². The molecular formula is C18H15N5O3. The van der Waals surface area contributed by atoms with E-state index in [1.807, 2.05) is 24.3 Å². The molecule has 5 rings (SSSR count). The van der Waals surface area contributed by atoms with Gasteiger partial charge in [-0.2, -0.15) is 10.1 Å². The average molecular weight is 349 g/mol. The van der Waals surface area contributed by atoms with Gasteiger partial charge in [-0.1, -0.05) is 23.4 Å². The molecule has 1 aliphatic rings. The number of aromatic nitrogens is 4. The number of para-hydroxylation sites is 1. The van der Waals surface area contributed by atoms with Gasteiger partial charge in [0.2, 0.25) is 0 Å². The van der Waals surface area contributed by atoms with E-state index in [1.54, 1.807) is 23.3 Å². The Hall–Kier alpha value is -3.42. The number of amides is 1. The SMILES string of the molecule is O=C(c1n[nH]c2ccccc12)N1CC[C@@H](c2noc(-c3ccco3)n2)C1. The minimum atomic E-state index is -0.0836. The highest BCUT2D eigenvalue weighted by Crippen LogP contribution is 2.29. The largest absolute Gasteiger partial charge is 0.459 e. The summed E-state index contributed by atoms with van der Waals surface area (Å²) in [5.41, 5.74) is 1.30. The normalized spacial score (nSPS) is 17.2. The molecule has 4 heterocycles. The second kappa shape index (κ2) is 5.83. The molecule has 8 nitrogen and oxygen atoms in total. The van der Waals surface area contributed by atoms with Gasteiger partial charge in [-0.05, 0) is 24.6 Å². The van der Waals surface area contributed by atoms with Crippen LogP contribution in [0.15, 0.2) is 51.6 Å². The van der Waals surface area contributed by atoms with Crippen molar-refractivity contribution in [2.24, 2.45) is 0 Å². The van der Waals surface area contributed by atoms with Crippen molar-refractivity contribution in [3.8, 4) is 11.7 Å². The maximum atomic E-state index is 12.9. The molecule has 1 aliphatic heterocycles. The first-order valence-corrected chi connectivity index (χ1v) is 8.39. The molecule has 0 aliphatic carbocycles. The Kier molecular flexibility index (Phi) is 3.34. The van der Waals surface area contributed by atoms with Gasteiger partial charge in [-0.15, -0.1) is 0 Å². The van der Waals surface area contributed by atoms with Crippen LogP contribution < -0.4 is 0 Å². The second-order valence-corrected chi connectivity index (χ2v) is 6.29. The van der Waals surface area contributed by atoms with Crippen LogP contribution in [0.4, 0.5) is 0 Å². The third-order valence-electron chi connectivity index (χ3n) is 4.69. The van der Waals surface area contributed by atoms with Crippen LogP contribution in [0.25, 0.3) is 22.6 Å². The number of likely N-dealkylation sites (tertiary alicyclic amines) is 1. The first-order chi connectivity index (χ1) is 12.8. The standard InChI is InChI=1S/C18H15N5O3/c24-18(15-12-4-1-2-5-13(12)20-21-15)23-8-7-11(10-23)16-19-17(26-22-16)14-6-3-9-25-14/h1-6,9,11H,7-8,10H2,(H,20,21)/t11-/m1/s1. The van der Waals surface area contributed by atoms with Gasteiger partial charge in [0.05, 0.1) is 11.8 Å². The van der Waals surface area contributed by atoms with Crippen LogP contribution in [0.1, 0.15) is 28.7 Å². The van der Waals surface area contributed by atoms with Crippen molar-refractivity contribution < 1.29 is 13.7 Å². The fourth-order valence-corrected chi connectivity index (χ4v) is 3.33. The molecule has 0 bridgehead atoms. The van der Waals surface area contributed by atoms with Crippen LogP contribution in [-0.4, -0.2) is 44.2 Å². The zero-order valence-electron chi connectivity index (χ0n) is 13.8. The summed E-state index contributed by atoms with van der Waals surface area (Å²) in [5, 5.41) is 12.0. The van der Waals surface area contributed by atoms with Crippen molar-refractivity contribution in [2.75, 3.05) is 13.1 Å². The van der Waals surface area contributed by atoms with E-state index in [9.17, 15) is 4.79 Å². The van der Waals surface area contributed by atoms with Crippen molar-refractivity contribution >= 4 is 16.8 Å². The molecule has 0 saturated carbocycles. The van der Waals surface area contributed by atoms with Crippen molar-refractivity contribution in [3.63, 3.8) is 0 Å². The monoisotopic (exact) mass is 349 g/mol.